The number of aryl methyl sites for hydroxylation is 1. The Bertz CT molecular complexity index is 692. The first-order chi connectivity index (χ1) is 9.38. The van der Waals surface area contributed by atoms with Gasteiger partial charge in [-0.1, -0.05) is 12.1 Å². The van der Waals surface area contributed by atoms with Crippen molar-refractivity contribution in [3.8, 4) is 0 Å². The lowest BCUT2D eigenvalue weighted by Gasteiger charge is -2.09. The molecule has 1 unspecified atom stereocenters. The zero-order chi connectivity index (χ0) is 14.8. The summed E-state index contributed by atoms with van der Waals surface area (Å²) < 4.78 is 28.6. The Balaban J connectivity index is 2.15. The van der Waals surface area contributed by atoms with Crippen LogP contribution in [-0.4, -0.2) is 18.2 Å². The highest BCUT2D eigenvalue weighted by molar-refractivity contribution is 7.89. The molecule has 6 nitrogen and oxygen atoms in total. The van der Waals surface area contributed by atoms with E-state index in [0.29, 0.717) is 0 Å². The molecule has 0 amide bonds. The summed E-state index contributed by atoms with van der Waals surface area (Å²) in [6.07, 6.45) is 3.39. The summed E-state index contributed by atoms with van der Waals surface area (Å²) >= 11 is 0. The third kappa shape index (κ3) is 3.44. The van der Waals surface area contributed by atoms with Crippen molar-refractivity contribution in [3.05, 3.63) is 47.8 Å². The second kappa shape index (κ2) is 5.74. The monoisotopic (exact) mass is 294 g/mol. The van der Waals surface area contributed by atoms with E-state index in [4.69, 9.17) is 5.73 Å². The normalized spacial score (nSPS) is 13.3. The molecule has 1 aromatic heterocycles. The second-order valence-corrected chi connectivity index (χ2v) is 6.47. The third-order valence-electron chi connectivity index (χ3n) is 2.92. The largest absolute Gasteiger partial charge is 0.324 e. The lowest BCUT2D eigenvalue weighted by Crippen LogP contribution is -2.23. The molecule has 1 atom stereocenters. The van der Waals surface area contributed by atoms with Crippen LogP contribution in [-0.2, 0) is 23.6 Å². The van der Waals surface area contributed by atoms with Crippen molar-refractivity contribution in [2.24, 2.45) is 12.8 Å². The van der Waals surface area contributed by atoms with Crippen LogP contribution >= 0.6 is 0 Å². The molecule has 0 saturated heterocycles. The average Bonchev–Trinajstić information content (AvgIpc) is 2.82. The summed E-state index contributed by atoms with van der Waals surface area (Å²) in [4.78, 5) is 0.219. The Labute approximate surface area is 118 Å². The molecule has 1 heterocycles. The predicted molar refractivity (Wildman–Crippen MR) is 76.3 cm³/mol. The fourth-order valence-corrected chi connectivity index (χ4v) is 2.86. The Kier molecular flexibility index (Phi) is 4.22. The summed E-state index contributed by atoms with van der Waals surface area (Å²) in [7, 11) is -1.77. The molecule has 0 aliphatic heterocycles. The van der Waals surface area contributed by atoms with Gasteiger partial charge in [0.05, 0.1) is 11.1 Å². The lowest BCUT2D eigenvalue weighted by molar-refractivity contribution is 0.581. The summed E-state index contributed by atoms with van der Waals surface area (Å²) in [6.45, 7) is 2.02. The first-order valence-corrected chi connectivity index (χ1v) is 7.69. The molecular weight excluding hydrogens is 276 g/mol. The van der Waals surface area contributed by atoms with Gasteiger partial charge in [0.2, 0.25) is 10.0 Å². The summed E-state index contributed by atoms with van der Waals surface area (Å²) in [5.74, 6) is 0. The van der Waals surface area contributed by atoms with Crippen molar-refractivity contribution in [1.29, 1.82) is 0 Å². The van der Waals surface area contributed by atoms with Gasteiger partial charge in [0.25, 0.3) is 0 Å². The zero-order valence-corrected chi connectivity index (χ0v) is 12.3. The van der Waals surface area contributed by atoms with Crippen LogP contribution in [0.25, 0.3) is 0 Å². The molecule has 0 spiro atoms. The van der Waals surface area contributed by atoms with Crippen molar-refractivity contribution >= 4 is 10.0 Å². The van der Waals surface area contributed by atoms with E-state index in [1.165, 1.54) is 0 Å². The van der Waals surface area contributed by atoms with E-state index in [9.17, 15) is 8.42 Å². The molecule has 1 aromatic carbocycles. The van der Waals surface area contributed by atoms with Crippen molar-refractivity contribution < 1.29 is 8.42 Å². The smallest absolute Gasteiger partial charge is 0.240 e. The standard InChI is InChI=1S/C13H18N4O2S/c1-10(14)12-4-3-5-13(6-12)20(18,19)16-8-11-7-15-17(2)9-11/h3-7,9-10,16H,8,14H2,1-2H3. The van der Waals surface area contributed by atoms with E-state index < -0.39 is 10.0 Å². The fraction of sp³-hybridized carbons (Fsp3) is 0.308. The second-order valence-electron chi connectivity index (χ2n) is 4.71. The number of sulfonamides is 1. The number of rotatable bonds is 5. The summed E-state index contributed by atoms with van der Waals surface area (Å²) in [5.41, 5.74) is 7.36. The third-order valence-corrected chi connectivity index (χ3v) is 4.32. The Morgan fingerprint density at radius 3 is 2.80 bits per heavy atom. The van der Waals surface area contributed by atoms with Gasteiger partial charge in [0.15, 0.2) is 0 Å². The maximum absolute atomic E-state index is 12.2. The Morgan fingerprint density at radius 2 is 2.20 bits per heavy atom. The number of nitrogens with zero attached hydrogens (tertiary/aromatic N) is 2. The molecule has 0 radical (unpaired) electrons. The molecular formula is C13H18N4O2S. The van der Waals surface area contributed by atoms with E-state index in [1.807, 2.05) is 13.0 Å². The SMILES string of the molecule is CC(N)c1cccc(S(=O)(=O)NCc2cnn(C)c2)c1. The quantitative estimate of drug-likeness (QED) is 0.858. The van der Waals surface area contributed by atoms with Gasteiger partial charge >= 0.3 is 0 Å². The molecule has 3 N–H and O–H groups in total. The van der Waals surface area contributed by atoms with Crippen molar-refractivity contribution in [3.63, 3.8) is 0 Å². The maximum Gasteiger partial charge on any atom is 0.240 e. The van der Waals surface area contributed by atoms with Crippen LogP contribution in [0, 0.1) is 0 Å². The molecule has 108 valence electrons. The topological polar surface area (TPSA) is 90.0 Å². The Hall–Kier alpha value is -1.70. The highest BCUT2D eigenvalue weighted by Crippen LogP contribution is 2.16. The molecule has 0 saturated carbocycles. The van der Waals surface area contributed by atoms with E-state index in [2.05, 4.69) is 9.82 Å². The van der Waals surface area contributed by atoms with Crippen LogP contribution in [0.2, 0.25) is 0 Å². The van der Waals surface area contributed by atoms with E-state index in [0.717, 1.165) is 11.1 Å². The minimum Gasteiger partial charge on any atom is -0.324 e. The molecule has 0 bridgehead atoms. The van der Waals surface area contributed by atoms with Crippen LogP contribution in [0.4, 0.5) is 0 Å². The number of hydrogen-bond donors (Lipinski definition) is 2. The average molecular weight is 294 g/mol. The van der Waals surface area contributed by atoms with Crippen LogP contribution in [0.1, 0.15) is 24.1 Å². The van der Waals surface area contributed by atoms with Gasteiger partial charge in [0.1, 0.15) is 0 Å². The van der Waals surface area contributed by atoms with Crippen molar-refractivity contribution in [2.45, 2.75) is 24.4 Å². The number of benzene rings is 1. The molecule has 20 heavy (non-hydrogen) atoms. The van der Waals surface area contributed by atoms with Crippen molar-refractivity contribution in [2.75, 3.05) is 0 Å². The fourth-order valence-electron chi connectivity index (χ4n) is 1.79. The summed E-state index contributed by atoms with van der Waals surface area (Å²) in [5, 5.41) is 3.99. The lowest BCUT2D eigenvalue weighted by atomic mass is 10.1. The number of hydrogen-bond acceptors (Lipinski definition) is 4. The highest BCUT2D eigenvalue weighted by atomic mass is 32.2. The van der Waals surface area contributed by atoms with E-state index in [1.54, 1.807) is 42.3 Å². The van der Waals surface area contributed by atoms with Crippen LogP contribution < -0.4 is 10.5 Å². The van der Waals surface area contributed by atoms with Gasteiger partial charge in [-0.2, -0.15) is 5.10 Å². The van der Waals surface area contributed by atoms with E-state index in [-0.39, 0.29) is 17.5 Å². The Morgan fingerprint density at radius 1 is 1.45 bits per heavy atom. The van der Waals surface area contributed by atoms with Crippen LogP contribution in [0.3, 0.4) is 0 Å². The minimum absolute atomic E-state index is 0.205. The number of nitrogens with two attached hydrogens (primary N) is 1. The van der Waals surface area contributed by atoms with Gasteiger partial charge in [-0.05, 0) is 24.6 Å². The molecule has 0 aliphatic carbocycles. The van der Waals surface area contributed by atoms with Crippen molar-refractivity contribution in [1.82, 2.24) is 14.5 Å². The zero-order valence-electron chi connectivity index (χ0n) is 11.4. The molecule has 2 rings (SSSR count). The minimum atomic E-state index is -3.55. The van der Waals surface area contributed by atoms with Gasteiger partial charge < -0.3 is 5.73 Å². The number of nitrogens with one attached hydrogen (secondary N) is 1. The molecule has 2 aromatic rings. The summed E-state index contributed by atoms with van der Waals surface area (Å²) in [6, 6.07) is 6.44. The predicted octanol–water partition coefficient (Wildman–Crippen LogP) is 0.918. The van der Waals surface area contributed by atoms with Crippen LogP contribution in [0.15, 0.2) is 41.6 Å². The van der Waals surface area contributed by atoms with Gasteiger partial charge in [-0.25, -0.2) is 13.1 Å². The first kappa shape index (κ1) is 14.7. The first-order valence-electron chi connectivity index (χ1n) is 6.21. The van der Waals surface area contributed by atoms with Gasteiger partial charge in [-0.3, -0.25) is 4.68 Å². The highest BCUT2D eigenvalue weighted by Gasteiger charge is 2.15. The van der Waals surface area contributed by atoms with Crippen LogP contribution in [0.5, 0.6) is 0 Å². The van der Waals surface area contributed by atoms with Gasteiger partial charge in [-0.15, -0.1) is 0 Å². The maximum atomic E-state index is 12.2. The number of aromatic nitrogens is 2. The van der Waals surface area contributed by atoms with Gasteiger partial charge in [0, 0.05) is 31.4 Å². The molecule has 0 aliphatic rings. The molecule has 0 fully saturated rings. The van der Waals surface area contributed by atoms with E-state index >= 15 is 0 Å². The molecule has 7 heteroatoms.